The summed E-state index contributed by atoms with van der Waals surface area (Å²) < 4.78 is 31.7. The minimum Gasteiger partial charge on any atom is -0.363 e. The Balaban J connectivity index is 1.34. The van der Waals surface area contributed by atoms with Gasteiger partial charge in [-0.1, -0.05) is 49.9 Å². The van der Waals surface area contributed by atoms with Gasteiger partial charge in [-0.05, 0) is 106 Å². The number of halogens is 2. The fourth-order valence-corrected chi connectivity index (χ4v) is 8.78. The van der Waals surface area contributed by atoms with Gasteiger partial charge < -0.3 is 15.1 Å². The largest absolute Gasteiger partial charge is 0.363 e. The summed E-state index contributed by atoms with van der Waals surface area (Å²) in [7, 11) is 0.256. The van der Waals surface area contributed by atoms with Crippen LogP contribution in [0.4, 0.5) is 20.4 Å². The number of alkyl halides is 2. The minimum absolute atomic E-state index is 0.124. The topological polar surface area (TPSA) is 44.3 Å². The molecule has 0 aliphatic carbocycles. The fraction of sp³-hybridized carbons (Fsp3) is 0.571. The van der Waals surface area contributed by atoms with Crippen molar-refractivity contribution in [2.45, 2.75) is 76.7 Å². The molecular weight excluding hydrogens is 560 g/mol. The van der Waals surface area contributed by atoms with Gasteiger partial charge in [-0.25, -0.2) is 18.7 Å². The molecule has 1 aromatic carbocycles. The molecule has 8 heteroatoms. The zero-order chi connectivity index (χ0) is 30.0. The van der Waals surface area contributed by atoms with Crippen LogP contribution in [-0.2, 0) is 5.92 Å². The maximum atomic E-state index is 15.9. The zero-order valence-electron chi connectivity index (χ0n) is 25.7. The van der Waals surface area contributed by atoms with E-state index in [1.54, 1.807) is 24.5 Å². The average Bonchev–Trinajstić information content (AvgIpc) is 3.02. The second-order valence-electron chi connectivity index (χ2n) is 13.0. The highest BCUT2D eigenvalue weighted by Crippen LogP contribution is 2.44. The van der Waals surface area contributed by atoms with Crippen molar-refractivity contribution >= 4 is 34.1 Å². The molecule has 2 aromatic rings. The number of fused-ring (bicyclic) bond motifs is 9. The molecule has 2 fully saturated rings. The third-order valence-corrected chi connectivity index (χ3v) is 11.7. The lowest BCUT2D eigenvalue weighted by molar-refractivity contribution is -0.0855. The fourth-order valence-electron chi connectivity index (χ4n) is 7.34. The summed E-state index contributed by atoms with van der Waals surface area (Å²) >= 11 is 0. The zero-order valence-corrected chi connectivity index (χ0v) is 26.5. The Bertz CT molecular complexity index is 1360. The molecule has 232 valence electrons. The standard InChI is InChI=1S/C35H47F2N5S/c1-25-28-10-9-11-30(22-28)35(36,37)29-12-18-41(19-13-29)16-7-5-4-6-8-17-42-26(2)31(27-14-20-43(3)21-15-27)23-32-33(40-25)38-24-39-34(32)42/h9-11,22-25,27,29H,2-8,12-21H2,1H3,(H,38,39,40). The average molecular weight is 608 g/mol. The van der Waals surface area contributed by atoms with Crippen molar-refractivity contribution in [2.24, 2.45) is 11.8 Å². The highest BCUT2D eigenvalue weighted by Gasteiger charge is 2.42. The van der Waals surface area contributed by atoms with Crippen molar-refractivity contribution < 1.29 is 8.78 Å². The summed E-state index contributed by atoms with van der Waals surface area (Å²) in [4.78, 5) is 14.2. The van der Waals surface area contributed by atoms with Gasteiger partial charge in [-0.15, -0.1) is 0 Å². The molecule has 1 N–H and O–H groups in total. The van der Waals surface area contributed by atoms with Gasteiger partial charge in [0.25, 0.3) is 5.92 Å². The van der Waals surface area contributed by atoms with Crippen LogP contribution in [0.1, 0.15) is 87.4 Å². The van der Waals surface area contributed by atoms with Gasteiger partial charge in [0.05, 0.1) is 5.56 Å². The third kappa shape index (κ3) is 6.60. The van der Waals surface area contributed by atoms with Gasteiger partial charge >= 0.3 is 0 Å². The molecule has 7 rings (SSSR count). The lowest BCUT2D eigenvalue weighted by Gasteiger charge is -2.37. The van der Waals surface area contributed by atoms with Crippen molar-refractivity contribution in [1.82, 2.24) is 14.9 Å². The van der Waals surface area contributed by atoms with E-state index in [2.05, 4.69) is 33.6 Å². The van der Waals surface area contributed by atoms with E-state index in [-0.39, 0.29) is 22.1 Å². The summed E-state index contributed by atoms with van der Waals surface area (Å²) in [5.74, 6) is 5.29. The summed E-state index contributed by atoms with van der Waals surface area (Å²) in [5.41, 5.74) is 4.30. The molecule has 0 radical (unpaired) electrons. The minimum atomic E-state index is -2.85. The van der Waals surface area contributed by atoms with Crippen LogP contribution in [0.5, 0.6) is 0 Å². The van der Waals surface area contributed by atoms with E-state index in [0.29, 0.717) is 18.8 Å². The Morgan fingerprint density at radius 3 is 2.44 bits per heavy atom. The van der Waals surface area contributed by atoms with Gasteiger partial charge in [0.15, 0.2) is 0 Å². The molecule has 1 aromatic heterocycles. The van der Waals surface area contributed by atoms with E-state index < -0.39 is 11.8 Å². The first kappa shape index (κ1) is 30.4. The number of anilines is 2. The molecule has 6 heterocycles. The highest BCUT2D eigenvalue weighted by molar-refractivity contribution is 8.14. The van der Waals surface area contributed by atoms with Crippen LogP contribution in [0.3, 0.4) is 0 Å². The van der Waals surface area contributed by atoms with Crippen LogP contribution >= 0.6 is 10.5 Å². The predicted molar refractivity (Wildman–Crippen MR) is 178 cm³/mol. The Morgan fingerprint density at radius 1 is 0.953 bits per heavy atom. The van der Waals surface area contributed by atoms with E-state index >= 15 is 8.78 Å². The maximum absolute atomic E-state index is 15.9. The third-order valence-electron chi connectivity index (χ3n) is 10.1. The molecule has 5 aliphatic heterocycles. The van der Waals surface area contributed by atoms with E-state index in [1.165, 1.54) is 18.4 Å². The lowest BCUT2D eigenvalue weighted by atomic mass is 9.85. The molecular formula is C35H47F2N5S. The molecule has 0 saturated carbocycles. The van der Waals surface area contributed by atoms with Crippen LogP contribution in [0.15, 0.2) is 48.4 Å². The number of benzene rings is 1. The first-order valence-electron chi connectivity index (χ1n) is 16.3. The normalized spacial score (nSPS) is 30.1. The molecule has 8 bridgehead atoms. The van der Waals surface area contributed by atoms with Gasteiger partial charge in [-0.2, -0.15) is 10.5 Å². The van der Waals surface area contributed by atoms with E-state index in [9.17, 15) is 0 Å². The number of piperidine rings is 1. The lowest BCUT2D eigenvalue weighted by Crippen LogP contribution is -2.40. The van der Waals surface area contributed by atoms with Crippen molar-refractivity contribution in [3.8, 4) is 0 Å². The monoisotopic (exact) mass is 607 g/mol. The molecule has 2 saturated heterocycles. The van der Waals surface area contributed by atoms with Gasteiger partial charge in [0.2, 0.25) is 0 Å². The van der Waals surface area contributed by atoms with Gasteiger partial charge in [-0.3, -0.25) is 0 Å². The van der Waals surface area contributed by atoms with E-state index in [1.807, 2.05) is 13.0 Å². The number of rotatable bonds is 1. The molecule has 43 heavy (non-hydrogen) atoms. The first-order chi connectivity index (χ1) is 20.8. The van der Waals surface area contributed by atoms with Crippen LogP contribution in [-0.4, -0.2) is 58.4 Å². The Labute approximate surface area is 258 Å². The summed E-state index contributed by atoms with van der Waals surface area (Å²) in [6.45, 7) is 10.0. The van der Waals surface area contributed by atoms with Crippen LogP contribution in [0.2, 0.25) is 0 Å². The Hall–Kier alpha value is -2.58. The van der Waals surface area contributed by atoms with E-state index in [4.69, 9.17) is 9.97 Å². The summed E-state index contributed by atoms with van der Waals surface area (Å²) in [6, 6.07) is 6.82. The van der Waals surface area contributed by atoms with E-state index in [0.717, 1.165) is 98.2 Å². The summed E-state index contributed by atoms with van der Waals surface area (Å²) in [5, 5.41) is 3.59. The number of hydrogen-bond acceptors (Lipinski definition) is 5. The van der Waals surface area contributed by atoms with Gasteiger partial charge in [0.1, 0.15) is 18.0 Å². The van der Waals surface area contributed by atoms with Crippen LogP contribution < -0.4 is 10.2 Å². The SMILES string of the molecule is C=C1C(C2CCS(=C)CC2)=Cc2c3ncnc2N1CCCCCCCN1CCC(CC1)C(F)(F)c1cccc(c1)C(C)N3. The molecule has 0 amide bonds. The quantitative estimate of drug-likeness (QED) is 0.331. The van der Waals surface area contributed by atoms with Crippen molar-refractivity contribution in [2.75, 3.05) is 47.9 Å². The number of nitrogens with one attached hydrogen (secondary N) is 1. The van der Waals surface area contributed by atoms with Crippen LogP contribution in [0.25, 0.3) is 6.08 Å². The highest BCUT2D eigenvalue weighted by atomic mass is 32.2. The Morgan fingerprint density at radius 2 is 1.67 bits per heavy atom. The molecule has 1 unspecified atom stereocenters. The molecule has 5 aliphatic rings. The van der Waals surface area contributed by atoms with Crippen LogP contribution in [0, 0.1) is 11.8 Å². The first-order valence-corrected chi connectivity index (χ1v) is 18.0. The second-order valence-corrected chi connectivity index (χ2v) is 15.0. The maximum Gasteiger partial charge on any atom is 0.276 e. The number of hydrogen-bond donors (Lipinski definition) is 1. The predicted octanol–water partition coefficient (Wildman–Crippen LogP) is 8.25. The second kappa shape index (κ2) is 13.2. The number of allylic oxidation sites excluding steroid dienone is 1. The Kier molecular flexibility index (Phi) is 9.34. The number of nitrogens with zero attached hydrogens (tertiary/aromatic N) is 4. The summed E-state index contributed by atoms with van der Waals surface area (Å²) in [6.07, 6.45) is 13.0. The molecule has 1 atom stereocenters. The van der Waals surface area contributed by atoms with Crippen molar-refractivity contribution in [3.63, 3.8) is 0 Å². The smallest absolute Gasteiger partial charge is 0.276 e. The molecule has 0 spiro atoms. The van der Waals surface area contributed by atoms with Crippen molar-refractivity contribution in [3.05, 3.63) is 65.1 Å². The van der Waals surface area contributed by atoms with Crippen molar-refractivity contribution in [1.29, 1.82) is 0 Å². The molecule has 5 nitrogen and oxygen atoms in total. The van der Waals surface area contributed by atoms with Gasteiger partial charge in [0, 0.05) is 29.8 Å². The number of aromatic nitrogens is 2.